The number of aromatic nitrogens is 3. The molecule has 3 unspecified atom stereocenters. The first-order valence-corrected chi connectivity index (χ1v) is 6.23. The summed E-state index contributed by atoms with van der Waals surface area (Å²) in [5, 5.41) is 9.72. The SMILES string of the molecule is Cc1ncc(F)c2c1ncn2C1CC(O)CC1C. The van der Waals surface area contributed by atoms with Gasteiger partial charge in [0.1, 0.15) is 11.0 Å². The Labute approximate surface area is 104 Å². The fourth-order valence-electron chi connectivity index (χ4n) is 2.97. The van der Waals surface area contributed by atoms with Crippen LogP contribution in [0.15, 0.2) is 12.5 Å². The Hall–Kier alpha value is -1.49. The van der Waals surface area contributed by atoms with E-state index in [2.05, 4.69) is 16.9 Å². The lowest BCUT2D eigenvalue weighted by atomic mass is 10.1. The molecule has 96 valence electrons. The van der Waals surface area contributed by atoms with E-state index in [-0.39, 0.29) is 18.0 Å². The van der Waals surface area contributed by atoms with Crippen LogP contribution in [0.1, 0.15) is 31.5 Å². The van der Waals surface area contributed by atoms with Gasteiger partial charge in [-0.05, 0) is 25.7 Å². The second kappa shape index (κ2) is 4.02. The van der Waals surface area contributed by atoms with Gasteiger partial charge in [0.25, 0.3) is 0 Å². The number of aliphatic hydroxyl groups excluding tert-OH is 1. The molecule has 1 N–H and O–H groups in total. The molecule has 18 heavy (non-hydrogen) atoms. The fraction of sp³-hybridized carbons (Fsp3) is 0.538. The van der Waals surface area contributed by atoms with Gasteiger partial charge in [-0.3, -0.25) is 4.98 Å². The molecule has 3 rings (SSSR count). The van der Waals surface area contributed by atoms with Crippen molar-refractivity contribution < 1.29 is 9.50 Å². The number of hydrogen-bond donors (Lipinski definition) is 1. The van der Waals surface area contributed by atoms with Crippen LogP contribution in [0.4, 0.5) is 4.39 Å². The highest BCUT2D eigenvalue weighted by Gasteiger charge is 2.32. The van der Waals surface area contributed by atoms with E-state index in [1.165, 1.54) is 6.20 Å². The Balaban J connectivity index is 2.16. The van der Waals surface area contributed by atoms with Gasteiger partial charge in [0.2, 0.25) is 0 Å². The van der Waals surface area contributed by atoms with Gasteiger partial charge in [-0.25, -0.2) is 9.37 Å². The van der Waals surface area contributed by atoms with E-state index < -0.39 is 0 Å². The van der Waals surface area contributed by atoms with Crippen molar-refractivity contribution >= 4 is 11.0 Å². The third-order valence-corrected chi connectivity index (χ3v) is 3.91. The summed E-state index contributed by atoms with van der Waals surface area (Å²) in [5.74, 6) is -0.0213. The maximum absolute atomic E-state index is 14.0. The number of aryl methyl sites for hydroxylation is 1. The molecule has 5 heteroatoms. The third kappa shape index (κ3) is 1.61. The highest BCUT2D eigenvalue weighted by molar-refractivity contribution is 5.77. The summed E-state index contributed by atoms with van der Waals surface area (Å²) in [7, 11) is 0. The molecule has 0 amide bonds. The van der Waals surface area contributed by atoms with Gasteiger partial charge in [-0.1, -0.05) is 6.92 Å². The summed E-state index contributed by atoms with van der Waals surface area (Å²) >= 11 is 0. The summed E-state index contributed by atoms with van der Waals surface area (Å²) in [6.45, 7) is 3.91. The third-order valence-electron chi connectivity index (χ3n) is 3.91. The topological polar surface area (TPSA) is 50.9 Å². The summed E-state index contributed by atoms with van der Waals surface area (Å²) < 4.78 is 15.8. The number of hydrogen-bond acceptors (Lipinski definition) is 3. The summed E-state index contributed by atoms with van der Waals surface area (Å²) in [4.78, 5) is 8.24. The zero-order valence-corrected chi connectivity index (χ0v) is 10.5. The Kier molecular flexibility index (Phi) is 2.59. The van der Waals surface area contributed by atoms with Crippen LogP contribution >= 0.6 is 0 Å². The summed E-state index contributed by atoms with van der Waals surface area (Å²) in [6.07, 6.45) is 4.03. The van der Waals surface area contributed by atoms with Gasteiger partial charge in [-0.2, -0.15) is 0 Å². The molecule has 0 saturated heterocycles. The first kappa shape index (κ1) is 11.6. The van der Waals surface area contributed by atoms with Crippen LogP contribution in [0, 0.1) is 18.7 Å². The fourth-order valence-corrected chi connectivity index (χ4v) is 2.97. The second-order valence-corrected chi connectivity index (χ2v) is 5.21. The van der Waals surface area contributed by atoms with Crippen molar-refractivity contribution in [3.8, 4) is 0 Å². The Morgan fingerprint density at radius 2 is 2.17 bits per heavy atom. The van der Waals surface area contributed by atoms with Crippen LogP contribution in [-0.2, 0) is 0 Å². The maximum atomic E-state index is 14.0. The first-order valence-electron chi connectivity index (χ1n) is 6.23. The zero-order chi connectivity index (χ0) is 12.9. The molecule has 0 spiro atoms. The lowest BCUT2D eigenvalue weighted by molar-refractivity contribution is 0.176. The number of halogens is 1. The average molecular weight is 249 g/mol. The molecule has 3 atom stereocenters. The monoisotopic (exact) mass is 249 g/mol. The van der Waals surface area contributed by atoms with Crippen LogP contribution in [0.3, 0.4) is 0 Å². The number of rotatable bonds is 1. The second-order valence-electron chi connectivity index (χ2n) is 5.21. The van der Waals surface area contributed by atoms with Crippen LogP contribution in [-0.4, -0.2) is 25.7 Å². The summed E-state index contributed by atoms with van der Waals surface area (Å²) in [6, 6.07) is 0.112. The van der Waals surface area contributed by atoms with Gasteiger partial charge in [0.15, 0.2) is 5.82 Å². The molecule has 0 bridgehead atoms. The molecule has 2 aromatic rings. The minimum atomic E-state index is -0.346. The van der Waals surface area contributed by atoms with Crippen molar-refractivity contribution in [1.29, 1.82) is 0 Å². The average Bonchev–Trinajstić information content (AvgIpc) is 2.88. The van der Waals surface area contributed by atoms with Crippen molar-refractivity contribution in [2.24, 2.45) is 5.92 Å². The standard InChI is InChI=1S/C13H16FN3O/c1-7-3-9(18)4-11(7)17-6-16-12-8(2)15-5-10(14)13(12)17/h5-7,9,11,18H,3-4H2,1-2H3. The van der Waals surface area contributed by atoms with Crippen LogP contribution in [0.25, 0.3) is 11.0 Å². The van der Waals surface area contributed by atoms with Crippen LogP contribution in [0.2, 0.25) is 0 Å². The molecule has 0 aromatic carbocycles. The molecular weight excluding hydrogens is 233 g/mol. The number of imidazole rings is 1. The van der Waals surface area contributed by atoms with E-state index in [0.717, 1.165) is 12.1 Å². The van der Waals surface area contributed by atoms with Gasteiger partial charge >= 0.3 is 0 Å². The molecule has 0 radical (unpaired) electrons. The minimum absolute atomic E-state index is 0.112. The number of fused-ring (bicyclic) bond motifs is 1. The van der Waals surface area contributed by atoms with Crippen molar-refractivity contribution in [3.63, 3.8) is 0 Å². The molecule has 2 aromatic heterocycles. The minimum Gasteiger partial charge on any atom is -0.393 e. The van der Waals surface area contributed by atoms with E-state index >= 15 is 0 Å². The molecule has 2 heterocycles. The molecule has 0 aliphatic heterocycles. The molecular formula is C13H16FN3O. The van der Waals surface area contributed by atoms with E-state index in [9.17, 15) is 9.50 Å². The number of nitrogens with zero attached hydrogens (tertiary/aromatic N) is 3. The predicted octanol–water partition coefficient (Wildman–Crippen LogP) is 2.21. The van der Waals surface area contributed by atoms with Crippen molar-refractivity contribution in [3.05, 3.63) is 24.0 Å². The van der Waals surface area contributed by atoms with Gasteiger partial charge in [0, 0.05) is 6.04 Å². The van der Waals surface area contributed by atoms with Crippen molar-refractivity contribution in [2.75, 3.05) is 0 Å². The highest BCUT2D eigenvalue weighted by atomic mass is 19.1. The number of pyridine rings is 1. The van der Waals surface area contributed by atoms with E-state index in [1.54, 1.807) is 6.33 Å². The predicted molar refractivity (Wildman–Crippen MR) is 65.7 cm³/mol. The largest absolute Gasteiger partial charge is 0.393 e. The van der Waals surface area contributed by atoms with Gasteiger partial charge < -0.3 is 9.67 Å². The Morgan fingerprint density at radius 3 is 2.83 bits per heavy atom. The maximum Gasteiger partial charge on any atom is 0.167 e. The number of aliphatic hydroxyl groups is 1. The summed E-state index contributed by atoms with van der Waals surface area (Å²) in [5.41, 5.74) is 1.85. The smallest absolute Gasteiger partial charge is 0.167 e. The lowest BCUT2D eigenvalue weighted by Crippen LogP contribution is -2.11. The first-order chi connectivity index (χ1) is 8.58. The van der Waals surface area contributed by atoms with Crippen molar-refractivity contribution in [2.45, 2.75) is 38.8 Å². The Bertz CT molecular complexity index is 595. The zero-order valence-electron chi connectivity index (χ0n) is 10.5. The molecule has 1 aliphatic rings. The van der Waals surface area contributed by atoms with E-state index in [0.29, 0.717) is 23.4 Å². The normalized spacial score (nSPS) is 28.1. The van der Waals surface area contributed by atoms with Crippen molar-refractivity contribution in [1.82, 2.24) is 14.5 Å². The molecule has 1 aliphatic carbocycles. The highest BCUT2D eigenvalue weighted by Crippen LogP contribution is 2.37. The quantitative estimate of drug-likeness (QED) is 0.843. The lowest BCUT2D eigenvalue weighted by Gasteiger charge is -2.17. The Morgan fingerprint density at radius 1 is 1.39 bits per heavy atom. The van der Waals surface area contributed by atoms with E-state index in [1.807, 2.05) is 11.5 Å². The van der Waals surface area contributed by atoms with Gasteiger partial charge in [-0.15, -0.1) is 0 Å². The molecule has 1 saturated carbocycles. The molecule has 4 nitrogen and oxygen atoms in total. The van der Waals surface area contributed by atoms with E-state index in [4.69, 9.17) is 0 Å². The molecule has 1 fully saturated rings. The van der Waals surface area contributed by atoms with Crippen LogP contribution in [0.5, 0.6) is 0 Å². The van der Waals surface area contributed by atoms with Crippen LogP contribution < -0.4 is 0 Å². The van der Waals surface area contributed by atoms with Gasteiger partial charge in [0.05, 0.1) is 24.3 Å².